The SMILES string of the molecule is COc1ccc(C)cc1NC(=O)/C(C#N)=C/c1ccc(OCC#N)c(Br)c1. The smallest absolute Gasteiger partial charge is 0.266 e. The minimum atomic E-state index is -0.540. The number of nitriles is 2. The topological polar surface area (TPSA) is 95.1 Å². The molecule has 0 aliphatic carbocycles. The number of nitrogens with one attached hydrogen (secondary N) is 1. The first-order valence-electron chi connectivity index (χ1n) is 7.85. The molecule has 0 fully saturated rings. The second kappa shape index (κ2) is 9.42. The van der Waals surface area contributed by atoms with Gasteiger partial charge in [0, 0.05) is 0 Å². The standard InChI is InChI=1S/C20H16BrN3O3/c1-13-3-5-19(26-2)17(9-13)24-20(25)15(12-23)10-14-4-6-18(16(21)11-14)27-8-7-22/h3-6,9-11H,8H2,1-2H3,(H,24,25)/b15-10+. The Balaban J connectivity index is 2.25. The zero-order chi connectivity index (χ0) is 19.8. The van der Waals surface area contributed by atoms with E-state index in [2.05, 4.69) is 21.2 Å². The number of anilines is 1. The Morgan fingerprint density at radius 2 is 1.96 bits per heavy atom. The van der Waals surface area contributed by atoms with Crippen molar-refractivity contribution in [2.75, 3.05) is 19.0 Å². The van der Waals surface area contributed by atoms with Gasteiger partial charge in [-0.3, -0.25) is 4.79 Å². The second-order valence-corrected chi connectivity index (χ2v) is 6.32. The van der Waals surface area contributed by atoms with Crippen molar-refractivity contribution in [2.24, 2.45) is 0 Å². The number of halogens is 1. The summed E-state index contributed by atoms with van der Waals surface area (Å²) in [6.45, 7) is 1.82. The third-order valence-corrected chi connectivity index (χ3v) is 4.15. The van der Waals surface area contributed by atoms with E-state index in [0.29, 0.717) is 27.2 Å². The summed E-state index contributed by atoms with van der Waals surface area (Å²) in [4.78, 5) is 12.5. The van der Waals surface area contributed by atoms with Gasteiger partial charge in [0.15, 0.2) is 6.61 Å². The maximum Gasteiger partial charge on any atom is 0.266 e. The largest absolute Gasteiger partial charge is 0.495 e. The lowest BCUT2D eigenvalue weighted by Gasteiger charge is -2.10. The van der Waals surface area contributed by atoms with Crippen LogP contribution in [-0.4, -0.2) is 19.6 Å². The van der Waals surface area contributed by atoms with Gasteiger partial charge in [-0.1, -0.05) is 12.1 Å². The van der Waals surface area contributed by atoms with E-state index in [9.17, 15) is 10.1 Å². The highest BCUT2D eigenvalue weighted by atomic mass is 79.9. The second-order valence-electron chi connectivity index (χ2n) is 5.46. The van der Waals surface area contributed by atoms with Crippen LogP contribution in [0.4, 0.5) is 5.69 Å². The number of amides is 1. The monoisotopic (exact) mass is 425 g/mol. The zero-order valence-corrected chi connectivity index (χ0v) is 16.3. The fourth-order valence-electron chi connectivity index (χ4n) is 2.26. The Labute approximate surface area is 165 Å². The van der Waals surface area contributed by atoms with Crippen LogP contribution in [0.5, 0.6) is 11.5 Å². The van der Waals surface area contributed by atoms with Gasteiger partial charge in [0.1, 0.15) is 29.2 Å². The maximum absolute atomic E-state index is 12.5. The Kier molecular flexibility index (Phi) is 6.99. The Hall–Kier alpha value is -3.29. The number of carbonyl (C=O) groups excluding carboxylic acids is 1. The summed E-state index contributed by atoms with van der Waals surface area (Å²) in [7, 11) is 1.51. The molecule has 1 amide bonds. The molecule has 0 saturated carbocycles. The van der Waals surface area contributed by atoms with Crippen molar-refractivity contribution in [2.45, 2.75) is 6.92 Å². The molecule has 6 nitrogen and oxygen atoms in total. The first-order chi connectivity index (χ1) is 13.0. The lowest BCUT2D eigenvalue weighted by Crippen LogP contribution is -2.14. The molecule has 0 radical (unpaired) electrons. The quantitative estimate of drug-likeness (QED) is 0.552. The van der Waals surface area contributed by atoms with E-state index in [-0.39, 0.29) is 12.2 Å². The molecule has 136 valence electrons. The van der Waals surface area contributed by atoms with E-state index in [4.69, 9.17) is 14.7 Å². The maximum atomic E-state index is 12.5. The van der Waals surface area contributed by atoms with E-state index >= 15 is 0 Å². The van der Waals surface area contributed by atoms with Crippen LogP contribution in [-0.2, 0) is 4.79 Å². The van der Waals surface area contributed by atoms with Crippen molar-refractivity contribution in [1.29, 1.82) is 10.5 Å². The molecule has 0 atom stereocenters. The summed E-state index contributed by atoms with van der Waals surface area (Å²) in [5.74, 6) is 0.469. The van der Waals surface area contributed by atoms with Crippen LogP contribution in [0.2, 0.25) is 0 Å². The van der Waals surface area contributed by atoms with Crippen molar-refractivity contribution >= 4 is 33.6 Å². The molecule has 0 aromatic heterocycles. The van der Waals surface area contributed by atoms with Gasteiger partial charge in [0.25, 0.3) is 5.91 Å². The molecule has 0 heterocycles. The summed E-state index contributed by atoms with van der Waals surface area (Å²) in [5.41, 5.74) is 2.01. The van der Waals surface area contributed by atoms with Crippen LogP contribution in [0.3, 0.4) is 0 Å². The van der Waals surface area contributed by atoms with Crippen molar-refractivity contribution in [3.63, 3.8) is 0 Å². The first kappa shape index (κ1) is 20.0. The summed E-state index contributed by atoms with van der Waals surface area (Å²) in [6.07, 6.45) is 1.47. The summed E-state index contributed by atoms with van der Waals surface area (Å²) in [5, 5.41) is 20.6. The predicted octanol–water partition coefficient (Wildman–Crippen LogP) is 4.21. The highest BCUT2D eigenvalue weighted by Crippen LogP contribution is 2.28. The number of benzene rings is 2. The van der Waals surface area contributed by atoms with E-state index in [0.717, 1.165) is 5.56 Å². The molecule has 0 aliphatic heterocycles. The van der Waals surface area contributed by atoms with E-state index in [1.54, 1.807) is 30.3 Å². The molecule has 0 spiro atoms. The van der Waals surface area contributed by atoms with Gasteiger partial charge in [-0.15, -0.1) is 0 Å². The highest BCUT2D eigenvalue weighted by molar-refractivity contribution is 9.10. The number of nitrogens with zero attached hydrogens (tertiary/aromatic N) is 2. The molecule has 7 heteroatoms. The molecular formula is C20H16BrN3O3. The molecule has 27 heavy (non-hydrogen) atoms. The fraction of sp³-hybridized carbons (Fsp3) is 0.150. The Morgan fingerprint density at radius 1 is 1.22 bits per heavy atom. The van der Waals surface area contributed by atoms with Crippen LogP contribution in [0.1, 0.15) is 11.1 Å². The lowest BCUT2D eigenvalue weighted by molar-refractivity contribution is -0.112. The van der Waals surface area contributed by atoms with Crippen molar-refractivity contribution < 1.29 is 14.3 Å². The number of carbonyl (C=O) groups is 1. The number of aryl methyl sites for hydroxylation is 1. The summed E-state index contributed by atoms with van der Waals surface area (Å²) in [6, 6.07) is 14.2. The molecule has 0 aliphatic rings. The van der Waals surface area contributed by atoms with Crippen LogP contribution < -0.4 is 14.8 Å². The molecule has 2 aromatic rings. The molecule has 0 saturated heterocycles. The average Bonchev–Trinajstić information content (AvgIpc) is 2.65. The molecule has 1 N–H and O–H groups in total. The van der Waals surface area contributed by atoms with E-state index in [1.165, 1.54) is 13.2 Å². The molecular weight excluding hydrogens is 410 g/mol. The lowest BCUT2D eigenvalue weighted by atomic mass is 10.1. The highest BCUT2D eigenvalue weighted by Gasteiger charge is 2.13. The number of hydrogen-bond donors (Lipinski definition) is 1. The van der Waals surface area contributed by atoms with Gasteiger partial charge in [-0.25, -0.2) is 0 Å². The van der Waals surface area contributed by atoms with E-state index < -0.39 is 5.91 Å². The fourth-order valence-corrected chi connectivity index (χ4v) is 2.77. The molecule has 0 bridgehead atoms. The predicted molar refractivity (Wildman–Crippen MR) is 105 cm³/mol. The Bertz CT molecular complexity index is 971. The number of rotatable bonds is 6. The number of ether oxygens (including phenoxy) is 2. The van der Waals surface area contributed by atoms with Crippen LogP contribution in [0.15, 0.2) is 46.4 Å². The van der Waals surface area contributed by atoms with Crippen LogP contribution in [0, 0.1) is 29.6 Å². The third-order valence-electron chi connectivity index (χ3n) is 3.53. The zero-order valence-electron chi connectivity index (χ0n) is 14.7. The minimum absolute atomic E-state index is 0.0591. The van der Waals surface area contributed by atoms with Crippen molar-refractivity contribution in [3.05, 3.63) is 57.6 Å². The Morgan fingerprint density at radius 3 is 2.59 bits per heavy atom. The van der Waals surface area contributed by atoms with Crippen molar-refractivity contribution in [3.8, 4) is 23.6 Å². The van der Waals surface area contributed by atoms with Gasteiger partial charge in [0.05, 0.1) is 17.3 Å². The van der Waals surface area contributed by atoms with Crippen molar-refractivity contribution in [1.82, 2.24) is 0 Å². The number of methoxy groups -OCH3 is 1. The first-order valence-corrected chi connectivity index (χ1v) is 8.65. The van der Waals surface area contributed by atoms with E-state index in [1.807, 2.05) is 25.1 Å². The summed E-state index contributed by atoms with van der Waals surface area (Å²) < 4.78 is 11.1. The third kappa shape index (κ3) is 5.34. The van der Waals surface area contributed by atoms with Gasteiger partial charge in [0.2, 0.25) is 0 Å². The number of hydrogen-bond acceptors (Lipinski definition) is 5. The minimum Gasteiger partial charge on any atom is -0.495 e. The van der Waals surface area contributed by atoms with Gasteiger partial charge in [-0.05, 0) is 64.3 Å². The summed E-state index contributed by atoms with van der Waals surface area (Å²) >= 11 is 3.34. The average molecular weight is 426 g/mol. The van der Waals surface area contributed by atoms with Gasteiger partial charge >= 0.3 is 0 Å². The van der Waals surface area contributed by atoms with Crippen LogP contribution >= 0.6 is 15.9 Å². The molecule has 0 unspecified atom stereocenters. The van der Waals surface area contributed by atoms with Gasteiger partial charge in [-0.2, -0.15) is 10.5 Å². The van der Waals surface area contributed by atoms with Gasteiger partial charge < -0.3 is 14.8 Å². The van der Waals surface area contributed by atoms with Crippen LogP contribution in [0.25, 0.3) is 6.08 Å². The molecule has 2 aromatic carbocycles. The molecule has 2 rings (SSSR count). The normalized spacial score (nSPS) is 10.5.